The molecule has 0 spiro atoms. The molecule has 5 rings (SSSR count). The molecule has 2 heterocycles. The van der Waals surface area contributed by atoms with Crippen molar-refractivity contribution in [3.8, 4) is 16.9 Å². The number of nitrogens with one attached hydrogen (secondary N) is 1. The van der Waals surface area contributed by atoms with Gasteiger partial charge in [-0.1, -0.05) is 19.9 Å². The minimum absolute atomic E-state index is 0.0741. The number of carbonyl (C=O) groups is 2. The number of amides is 1. The summed E-state index contributed by atoms with van der Waals surface area (Å²) in [5, 5.41) is 14.1. The molecule has 7 nitrogen and oxygen atoms in total. The highest BCUT2D eigenvalue weighted by atomic mass is 19.1. The number of anilines is 1. The van der Waals surface area contributed by atoms with E-state index in [0.717, 1.165) is 29.7 Å². The maximum atomic E-state index is 14.7. The summed E-state index contributed by atoms with van der Waals surface area (Å²) >= 11 is 0. The van der Waals surface area contributed by atoms with Crippen molar-refractivity contribution in [3.63, 3.8) is 0 Å². The number of carbonyl (C=O) groups excluding carboxylic acids is 2. The molecule has 1 aliphatic heterocycles. The van der Waals surface area contributed by atoms with Crippen LogP contribution >= 0.6 is 0 Å². The Morgan fingerprint density at radius 1 is 1.17 bits per heavy atom. The summed E-state index contributed by atoms with van der Waals surface area (Å²) in [5.41, 5.74) is 9.38. The van der Waals surface area contributed by atoms with Crippen molar-refractivity contribution in [2.24, 2.45) is 11.1 Å². The van der Waals surface area contributed by atoms with Gasteiger partial charge in [-0.05, 0) is 61.3 Å². The summed E-state index contributed by atoms with van der Waals surface area (Å²) in [6, 6.07) is 8.53. The van der Waals surface area contributed by atoms with E-state index in [1.165, 1.54) is 13.2 Å². The second kappa shape index (κ2) is 8.92. The zero-order valence-corrected chi connectivity index (χ0v) is 20.9. The first-order valence-electron chi connectivity index (χ1n) is 12.4. The third kappa shape index (κ3) is 4.23. The number of benzene rings is 2. The van der Waals surface area contributed by atoms with Crippen molar-refractivity contribution in [2.45, 2.75) is 64.5 Å². The largest absolute Gasteiger partial charge is 0.494 e. The van der Waals surface area contributed by atoms with Gasteiger partial charge in [-0.25, -0.2) is 4.39 Å². The topological polar surface area (TPSA) is 107 Å². The standard InChI is InChI=1S/C28H32FN3O4/c1-28(2)13-23-26(19-11-24(36-3)20(29)12-22(19)32(23)25(34)14-28)15-4-9-18(27(30)35)21(10-15)31-16-5-7-17(33)8-6-16/h4,9-12,16-17,31,33H,5-8,13-14H2,1-3H3,(H2,30,35)/t16-,17-. The van der Waals surface area contributed by atoms with Crippen LogP contribution < -0.4 is 15.8 Å². The van der Waals surface area contributed by atoms with Crippen LogP contribution in [-0.2, 0) is 6.42 Å². The number of fused-ring (bicyclic) bond motifs is 3. The van der Waals surface area contributed by atoms with Gasteiger partial charge in [-0.2, -0.15) is 0 Å². The van der Waals surface area contributed by atoms with Gasteiger partial charge < -0.3 is 20.9 Å². The molecule has 3 aromatic rings. The Morgan fingerprint density at radius 2 is 1.89 bits per heavy atom. The molecule has 2 aromatic carbocycles. The fraction of sp³-hybridized carbons (Fsp3) is 0.429. The van der Waals surface area contributed by atoms with Crippen LogP contribution in [-0.4, -0.2) is 40.7 Å². The van der Waals surface area contributed by atoms with Crippen LogP contribution in [0, 0.1) is 11.2 Å². The van der Waals surface area contributed by atoms with Gasteiger partial charge in [0.05, 0.1) is 24.3 Å². The maximum absolute atomic E-state index is 14.7. The van der Waals surface area contributed by atoms with E-state index < -0.39 is 11.7 Å². The van der Waals surface area contributed by atoms with Crippen molar-refractivity contribution >= 4 is 28.4 Å². The molecule has 0 unspecified atom stereocenters. The molecule has 2 aliphatic rings. The predicted octanol–water partition coefficient (Wildman–Crippen LogP) is 4.88. The molecule has 0 atom stereocenters. The first-order valence-corrected chi connectivity index (χ1v) is 12.4. The minimum Gasteiger partial charge on any atom is -0.494 e. The lowest BCUT2D eigenvalue weighted by Gasteiger charge is -2.31. The number of aliphatic hydroxyl groups is 1. The van der Waals surface area contributed by atoms with Gasteiger partial charge in [0.15, 0.2) is 11.6 Å². The van der Waals surface area contributed by atoms with Gasteiger partial charge in [0.2, 0.25) is 5.91 Å². The number of nitrogens with zero attached hydrogens (tertiary/aromatic N) is 1. The number of ether oxygens (including phenoxy) is 1. The van der Waals surface area contributed by atoms with Gasteiger partial charge in [0, 0.05) is 40.9 Å². The van der Waals surface area contributed by atoms with Gasteiger partial charge >= 0.3 is 0 Å². The summed E-state index contributed by atoms with van der Waals surface area (Å²) in [5.74, 6) is -1.04. The van der Waals surface area contributed by atoms with E-state index in [9.17, 15) is 19.1 Å². The first kappa shape index (κ1) is 24.3. The molecule has 1 aromatic heterocycles. The lowest BCUT2D eigenvalue weighted by atomic mass is 9.80. The van der Waals surface area contributed by atoms with E-state index in [4.69, 9.17) is 10.5 Å². The van der Waals surface area contributed by atoms with E-state index >= 15 is 0 Å². The normalized spacial score (nSPS) is 21.3. The molecule has 0 radical (unpaired) electrons. The van der Waals surface area contributed by atoms with E-state index in [1.807, 2.05) is 12.1 Å². The smallest absolute Gasteiger partial charge is 0.250 e. The van der Waals surface area contributed by atoms with Crippen LogP contribution in [0.1, 0.15) is 66.8 Å². The van der Waals surface area contributed by atoms with Crippen LogP contribution in [0.15, 0.2) is 30.3 Å². The average molecular weight is 494 g/mol. The Bertz CT molecular complexity index is 1370. The lowest BCUT2D eigenvalue weighted by molar-refractivity contribution is 0.0816. The molecule has 1 amide bonds. The molecular weight excluding hydrogens is 461 g/mol. The number of methoxy groups -OCH3 is 1. The molecular formula is C28H32FN3O4. The quantitative estimate of drug-likeness (QED) is 0.470. The van der Waals surface area contributed by atoms with Gasteiger partial charge in [-0.15, -0.1) is 0 Å². The summed E-state index contributed by atoms with van der Waals surface area (Å²) in [6.45, 7) is 4.11. The summed E-state index contributed by atoms with van der Waals surface area (Å²) in [4.78, 5) is 25.5. The third-order valence-electron chi connectivity index (χ3n) is 7.49. The molecule has 1 fully saturated rings. The Balaban J connectivity index is 1.71. The lowest BCUT2D eigenvalue weighted by Crippen LogP contribution is -2.31. The second-order valence-electron chi connectivity index (χ2n) is 10.8. The maximum Gasteiger partial charge on any atom is 0.250 e. The zero-order chi connectivity index (χ0) is 25.8. The van der Waals surface area contributed by atoms with Crippen molar-refractivity contribution in [1.82, 2.24) is 4.57 Å². The highest BCUT2D eigenvalue weighted by molar-refractivity contribution is 6.07. The van der Waals surface area contributed by atoms with Crippen LogP contribution in [0.5, 0.6) is 5.75 Å². The van der Waals surface area contributed by atoms with E-state index in [2.05, 4.69) is 19.2 Å². The molecule has 36 heavy (non-hydrogen) atoms. The van der Waals surface area contributed by atoms with Crippen molar-refractivity contribution in [3.05, 3.63) is 47.4 Å². The predicted molar refractivity (Wildman–Crippen MR) is 137 cm³/mol. The number of hydrogen-bond acceptors (Lipinski definition) is 5. The number of aromatic nitrogens is 1. The van der Waals surface area contributed by atoms with Gasteiger partial charge in [0.1, 0.15) is 0 Å². The SMILES string of the molecule is COc1cc2c(-c3ccc(C(N)=O)c(N[C@H]4CC[C@H](O)CC4)c3)c3n(c2cc1F)C(=O)CC(C)(C)C3. The molecule has 1 aliphatic carbocycles. The highest BCUT2D eigenvalue weighted by Crippen LogP contribution is 2.45. The Morgan fingerprint density at radius 3 is 2.56 bits per heavy atom. The van der Waals surface area contributed by atoms with Crippen LogP contribution in [0.3, 0.4) is 0 Å². The summed E-state index contributed by atoms with van der Waals surface area (Å²) in [6.07, 6.45) is 3.67. The summed E-state index contributed by atoms with van der Waals surface area (Å²) in [7, 11) is 1.42. The Kier molecular flexibility index (Phi) is 6.03. The molecule has 8 heteroatoms. The van der Waals surface area contributed by atoms with Gasteiger partial charge in [-0.3, -0.25) is 14.2 Å². The summed E-state index contributed by atoms with van der Waals surface area (Å²) < 4.78 is 21.6. The highest BCUT2D eigenvalue weighted by Gasteiger charge is 2.36. The molecule has 4 N–H and O–H groups in total. The number of hydrogen-bond donors (Lipinski definition) is 3. The Labute approximate surface area is 209 Å². The van der Waals surface area contributed by atoms with E-state index in [1.54, 1.807) is 16.7 Å². The fourth-order valence-electron chi connectivity index (χ4n) is 5.75. The minimum atomic E-state index is -0.538. The van der Waals surface area contributed by atoms with Crippen LogP contribution in [0.4, 0.5) is 10.1 Å². The van der Waals surface area contributed by atoms with Crippen molar-refractivity contribution < 1.29 is 23.8 Å². The van der Waals surface area contributed by atoms with E-state index in [-0.39, 0.29) is 29.2 Å². The molecule has 0 saturated heterocycles. The average Bonchev–Trinajstić information content (AvgIpc) is 3.11. The molecule has 190 valence electrons. The fourth-order valence-corrected chi connectivity index (χ4v) is 5.75. The second-order valence-corrected chi connectivity index (χ2v) is 10.8. The zero-order valence-electron chi connectivity index (χ0n) is 20.9. The number of halogens is 1. The van der Waals surface area contributed by atoms with Gasteiger partial charge in [0.25, 0.3) is 5.91 Å². The number of aliphatic hydroxyl groups excluding tert-OH is 1. The number of nitrogens with two attached hydrogens (primary N) is 1. The molecule has 1 saturated carbocycles. The molecule has 0 bridgehead atoms. The van der Waals surface area contributed by atoms with Crippen LogP contribution in [0.2, 0.25) is 0 Å². The third-order valence-corrected chi connectivity index (χ3v) is 7.49. The van der Waals surface area contributed by atoms with Crippen molar-refractivity contribution in [2.75, 3.05) is 12.4 Å². The number of rotatable bonds is 5. The number of primary amides is 1. The van der Waals surface area contributed by atoms with Crippen LogP contribution in [0.25, 0.3) is 22.0 Å². The van der Waals surface area contributed by atoms with E-state index in [0.29, 0.717) is 47.8 Å². The van der Waals surface area contributed by atoms with Crippen molar-refractivity contribution in [1.29, 1.82) is 0 Å². The Hall–Kier alpha value is -3.39. The monoisotopic (exact) mass is 493 g/mol. The first-order chi connectivity index (χ1) is 17.1.